The molecule has 0 unspecified atom stereocenters. The SMILES string of the molecule is CC(=O)CCn1c(-c2ccc(C)cc2)nc2sc(C)c(-c3cccs3)c2c1=O. The summed E-state index contributed by atoms with van der Waals surface area (Å²) >= 11 is 3.17. The normalized spacial score (nSPS) is 11.2. The predicted octanol–water partition coefficient (Wildman–Crippen LogP) is 5.45. The third kappa shape index (κ3) is 3.34. The Bertz CT molecular complexity index is 1220. The second kappa shape index (κ2) is 7.45. The fourth-order valence-corrected chi connectivity index (χ4v) is 5.24. The Morgan fingerprint density at radius 3 is 2.54 bits per heavy atom. The molecule has 0 N–H and O–H groups in total. The van der Waals surface area contributed by atoms with E-state index in [0.717, 1.165) is 31.3 Å². The van der Waals surface area contributed by atoms with Crippen LogP contribution in [0, 0.1) is 13.8 Å². The van der Waals surface area contributed by atoms with Gasteiger partial charge in [-0.25, -0.2) is 4.98 Å². The smallest absolute Gasteiger partial charge is 0.263 e. The number of rotatable bonds is 5. The Hall–Kier alpha value is -2.57. The van der Waals surface area contributed by atoms with Crippen molar-refractivity contribution in [3.05, 3.63) is 62.6 Å². The van der Waals surface area contributed by atoms with Crippen LogP contribution in [0.5, 0.6) is 0 Å². The van der Waals surface area contributed by atoms with Crippen LogP contribution in [0.2, 0.25) is 0 Å². The number of aryl methyl sites for hydroxylation is 2. The minimum Gasteiger partial charge on any atom is -0.300 e. The third-order valence-electron chi connectivity index (χ3n) is 4.75. The Kier molecular flexibility index (Phi) is 5.00. The van der Waals surface area contributed by atoms with Crippen LogP contribution in [0.3, 0.4) is 0 Å². The Morgan fingerprint density at radius 2 is 1.89 bits per heavy atom. The molecule has 3 heterocycles. The van der Waals surface area contributed by atoms with Gasteiger partial charge in [0, 0.05) is 33.8 Å². The first-order valence-electron chi connectivity index (χ1n) is 9.10. The molecule has 0 atom stereocenters. The van der Waals surface area contributed by atoms with E-state index in [4.69, 9.17) is 4.98 Å². The van der Waals surface area contributed by atoms with E-state index in [1.807, 2.05) is 55.6 Å². The molecule has 0 saturated carbocycles. The fourth-order valence-electron chi connectivity index (χ4n) is 3.31. The average Bonchev–Trinajstić information content (AvgIpc) is 3.28. The summed E-state index contributed by atoms with van der Waals surface area (Å²) in [5.74, 6) is 0.680. The van der Waals surface area contributed by atoms with E-state index >= 15 is 0 Å². The van der Waals surface area contributed by atoms with Gasteiger partial charge in [-0.2, -0.15) is 0 Å². The number of benzene rings is 1. The Labute approximate surface area is 171 Å². The Balaban J connectivity index is 2.01. The molecule has 0 amide bonds. The minimum absolute atomic E-state index is 0.0573. The summed E-state index contributed by atoms with van der Waals surface area (Å²) in [7, 11) is 0. The molecule has 1 aromatic carbocycles. The van der Waals surface area contributed by atoms with Gasteiger partial charge in [-0.1, -0.05) is 35.9 Å². The summed E-state index contributed by atoms with van der Waals surface area (Å²) in [6, 6.07) is 12.0. The van der Waals surface area contributed by atoms with Crippen molar-refractivity contribution in [3.63, 3.8) is 0 Å². The van der Waals surface area contributed by atoms with Crippen LogP contribution < -0.4 is 5.56 Å². The molecule has 0 fully saturated rings. The summed E-state index contributed by atoms with van der Waals surface area (Å²) in [6.45, 7) is 5.94. The molecular weight excluding hydrogens is 388 g/mol. The summed E-state index contributed by atoms with van der Waals surface area (Å²) < 4.78 is 1.66. The lowest BCUT2D eigenvalue weighted by atomic mass is 10.1. The molecule has 0 aliphatic rings. The monoisotopic (exact) mass is 408 g/mol. The quantitative estimate of drug-likeness (QED) is 0.441. The van der Waals surface area contributed by atoms with E-state index in [1.54, 1.807) is 34.2 Å². The first-order chi connectivity index (χ1) is 13.5. The largest absolute Gasteiger partial charge is 0.300 e. The van der Waals surface area contributed by atoms with Gasteiger partial charge in [0.1, 0.15) is 16.4 Å². The highest BCUT2D eigenvalue weighted by atomic mass is 32.1. The van der Waals surface area contributed by atoms with Gasteiger partial charge in [-0.3, -0.25) is 14.2 Å². The first kappa shape index (κ1) is 18.8. The van der Waals surface area contributed by atoms with Crippen molar-refractivity contribution < 1.29 is 4.79 Å². The van der Waals surface area contributed by atoms with Gasteiger partial charge in [0.2, 0.25) is 0 Å². The maximum atomic E-state index is 13.6. The van der Waals surface area contributed by atoms with Crippen LogP contribution in [-0.2, 0) is 11.3 Å². The molecule has 0 aliphatic carbocycles. The van der Waals surface area contributed by atoms with Crippen LogP contribution in [0.15, 0.2) is 46.6 Å². The molecule has 4 aromatic rings. The van der Waals surface area contributed by atoms with Crippen molar-refractivity contribution in [2.45, 2.75) is 33.7 Å². The number of carbonyl (C=O) groups is 1. The lowest BCUT2D eigenvalue weighted by molar-refractivity contribution is -0.117. The van der Waals surface area contributed by atoms with Crippen molar-refractivity contribution in [1.82, 2.24) is 9.55 Å². The number of carbonyl (C=O) groups excluding carboxylic acids is 1. The highest BCUT2D eigenvalue weighted by Gasteiger charge is 2.21. The van der Waals surface area contributed by atoms with Gasteiger partial charge in [-0.05, 0) is 32.2 Å². The molecule has 142 valence electrons. The van der Waals surface area contributed by atoms with E-state index in [-0.39, 0.29) is 11.3 Å². The number of hydrogen-bond donors (Lipinski definition) is 0. The van der Waals surface area contributed by atoms with Crippen LogP contribution in [0.4, 0.5) is 0 Å². The molecule has 0 bridgehead atoms. The molecule has 28 heavy (non-hydrogen) atoms. The number of nitrogens with zero attached hydrogens (tertiary/aromatic N) is 2. The average molecular weight is 409 g/mol. The number of aromatic nitrogens is 2. The van der Waals surface area contributed by atoms with E-state index in [2.05, 4.69) is 0 Å². The lowest BCUT2D eigenvalue weighted by Crippen LogP contribution is -2.24. The molecular formula is C22H20N2O2S2. The van der Waals surface area contributed by atoms with Crippen molar-refractivity contribution in [1.29, 1.82) is 0 Å². The van der Waals surface area contributed by atoms with Gasteiger partial charge < -0.3 is 0 Å². The zero-order valence-electron chi connectivity index (χ0n) is 16.0. The zero-order valence-corrected chi connectivity index (χ0v) is 17.6. The number of fused-ring (bicyclic) bond motifs is 1. The maximum Gasteiger partial charge on any atom is 0.263 e. The minimum atomic E-state index is -0.0745. The second-order valence-electron chi connectivity index (χ2n) is 6.90. The Morgan fingerprint density at radius 1 is 1.14 bits per heavy atom. The van der Waals surface area contributed by atoms with Gasteiger partial charge in [0.15, 0.2) is 0 Å². The lowest BCUT2D eigenvalue weighted by Gasteiger charge is -2.12. The van der Waals surface area contributed by atoms with Gasteiger partial charge in [0.25, 0.3) is 5.56 Å². The second-order valence-corrected chi connectivity index (χ2v) is 9.05. The van der Waals surface area contributed by atoms with Crippen molar-refractivity contribution in [3.8, 4) is 21.8 Å². The highest BCUT2D eigenvalue weighted by Crippen LogP contribution is 2.38. The highest BCUT2D eigenvalue weighted by molar-refractivity contribution is 7.20. The molecule has 4 rings (SSSR count). The van der Waals surface area contributed by atoms with Gasteiger partial charge >= 0.3 is 0 Å². The molecule has 3 aromatic heterocycles. The summed E-state index contributed by atoms with van der Waals surface area (Å²) in [4.78, 5) is 33.0. The number of Topliss-reactive ketones (excluding diaryl/α,β-unsaturated/α-hetero) is 1. The molecule has 0 spiro atoms. The number of thiophene rings is 2. The zero-order chi connectivity index (χ0) is 19.8. The van der Waals surface area contributed by atoms with Crippen LogP contribution in [0.1, 0.15) is 23.8 Å². The van der Waals surface area contributed by atoms with Gasteiger partial charge in [0.05, 0.1) is 5.39 Å². The molecule has 6 heteroatoms. The van der Waals surface area contributed by atoms with E-state index in [9.17, 15) is 9.59 Å². The van der Waals surface area contributed by atoms with Gasteiger partial charge in [-0.15, -0.1) is 22.7 Å². The summed E-state index contributed by atoms with van der Waals surface area (Å²) in [6.07, 6.45) is 0.309. The summed E-state index contributed by atoms with van der Waals surface area (Å²) in [5, 5.41) is 2.67. The standard InChI is InChI=1S/C22H20N2O2S2/c1-13-6-8-16(9-7-13)20-23-21-19(22(26)24(20)11-10-14(2)25)18(15(3)28-21)17-5-4-12-27-17/h4-9,12H,10-11H2,1-3H3. The summed E-state index contributed by atoms with van der Waals surface area (Å²) in [5.41, 5.74) is 2.93. The van der Waals surface area contributed by atoms with Crippen LogP contribution in [0.25, 0.3) is 32.0 Å². The predicted molar refractivity (Wildman–Crippen MR) is 117 cm³/mol. The number of hydrogen-bond acceptors (Lipinski definition) is 5. The fraction of sp³-hybridized carbons (Fsp3) is 0.227. The molecule has 4 nitrogen and oxygen atoms in total. The first-order valence-corrected chi connectivity index (χ1v) is 10.8. The number of ketones is 1. The van der Waals surface area contributed by atoms with Crippen LogP contribution in [-0.4, -0.2) is 15.3 Å². The molecule has 0 aliphatic heterocycles. The molecule has 0 radical (unpaired) electrons. The molecule has 0 saturated heterocycles. The van der Waals surface area contributed by atoms with Crippen molar-refractivity contribution in [2.75, 3.05) is 0 Å². The van der Waals surface area contributed by atoms with Crippen molar-refractivity contribution >= 4 is 38.7 Å². The van der Waals surface area contributed by atoms with E-state index < -0.39 is 0 Å². The maximum absolute atomic E-state index is 13.6. The third-order valence-corrected chi connectivity index (χ3v) is 6.64. The van der Waals surface area contributed by atoms with E-state index in [0.29, 0.717) is 24.2 Å². The van der Waals surface area contributed by atoms with Crippen molar-refractivity contribution in [2.24, 2.45) is 0 Å². The van der Waals surface area contributed by atoms with E-state index in [1.165, 1.54) is 0 Å². The van der Waals surface area contributed by atoms with Crippen LogP contribution >= 0.6 is 22.7 Å². The topological polar surface area (TPSA) is 52.0 Å².